The lowest BCUT2D eigenvalue weighted by atomic mass is 10.2. The molecule has 0 spiro atoms. The van der Waals surface area contributed by atoms with Gasteiger partial charge < -0.3 is 0 Å². The van der Waals surface area contributed by atoms with Gasteiger partial charge in [-0.25, -0.2) is 8.93 Å². The van der Waals surface area contributed by atoms with Crippen molar-refractivity contribution in [3.05, 3.63) is 29.8 Å². The van der Waals surface area contributed by atoms with Crippen molar-refractivity contribution in [1.29, 1.82) is 0 Å². The van der Waals surface area contributed by atoms with Gasteiger partial charge in [0.25, 0.3) is 0 Å². The number of thiol groups is 1. The van der Waals surface area contributed by atoms with Crippen LogP contribution >= 0.6 is 12.6 Å². The van der Waals surface area contributed by atoms with E-state index in [4.69, 9.17) is 0 Å². The molecule has 1 rings (SSSR count). The highest BCUT2D eigenvalue weighted by atomic mass is 32.2. The zero-order chi connectivity index (χ0) is 9.68. The van der Waals surface area contributed by atoms with E-state index in [1.165, 1.54) is 5.56 Å². The van der Waals surface area contributed by atoms with E-state index in [-0.39, 0.29) is 0 Å². The minimum absolute atomic E-state index is 0.420. The highest BCUT2D eigenvalue weighted by Crippen LogP contribution is 2.08. The Balaban J connectivity index is 2.82. The first-order valence-corrected chi connectivity index (χ1v) is 5.91. The van der Waals surface area contributed by atoms with Crippen LogP contribution in [0, 0.1) is 0 Å². The number of aryl methyl sites for hydroxylation is 1. The van der Waals surface area contributed by atoms with Crippen molar-refractivity contribution in [3.63, 3.8) is 0 Å². The zero-order valence-corrected chi connectivity index (χ0v) is 9.20. The Labute approximate surface area is 86.7 Å². The zero-order valence-electron chi connectivity index (χ0n) is 7.49. The molecule has 1 aromatic carbocycles. The van der Waals surface area contributed by atoms with Gasteiger partial charge in [-0.2, -0.15) is 12.6 Å². The summed E-state index contributed by atoms with van der Waals surface area (Å²) in [5.74, 6) is 0.420. The number of benzene rings is 1. The van der Waals surface area contributed by atoms with Gasteiger partial charge >= 0.3 is 0 Å². The molecule has 0 aliphatic rings. The van der Waals surface area contributed by atoms with E-state index in [0.29, 0.717) is 5.88 Å². The minimum atomic E-state index is -1.12. The van der Waals surface area contributed by atoms with Crippen LogP contribution in [0.4, 0.5) is 0 Å². The van der Waals surface area contributed by atoms with Crippen molar-refractivity contribution < 1.29 is 4.21 Å². The second-order valence-corrected chi connectivity index (χ2v) is 4.19. The first-order valence-electron chi connectivity index (χ1n) is 4.13. The molecule has 72 valence electrons. The Morgan fingerprint density at radius 3 is 2.92 bits per heavy atom. The van der Waals surface area contributed by atoms with Crippen LogP contribution in [-0.2, 0) is 17.4 Å². The maximum atomic E-state index is 11.5. The molecule has 0 aromatic heterocycles. The van der Waals surface area contributed by atoms with Gasteiger partial charge in [0.1, 0.15) is 11.0 Å². The van der Waals surface area contributed by atoms with Gasteiger partial charge in [0.05, 0.1) is 10.8 Å². The van der Waals surface area contributed by atoms with Crippen LogP contribution in [0.2, 0.25) is 0 Å². The summed E-state index contributed by atoms with van der Waals surface area (Å²) in [4.78, 5) is 0.813. The summed E-state index contributed by atoms with van der Waals surface area (Å²) in [5, 5.41) is 0. The van der Waals surface area contributed by atoms with E-state index in [9.17, 15) is 4.21 Å². The molecule has 1 N–H and O–H groups in total. The quantitative estimate of drug-likeness (QED) is 0.581. The molecule has 2 nitrogen and oxygen atoms in total. The van der Waals surface area contributed by atoms with Crippen molar-refractivity contribution in [2.75, 3.05) is 5.88 Å². The Kier molecular flexibility index (Phi) is 4.48. The van der Waals surface area contributed by atoms with Crippen molar-refractivity contribution in [1.82, 2.24) is 4.72 Å². The van der Waals surface area contributed by atoms with Gasteiger partial charge in [-0.15, -0.1) is 0 Å². The van der Waals surface area contributed by atoms with Gasteiger partial charge in [-0.05, 0) is 24.1 Å². The SMILES string of the molecule is CCc1cccc(S(=O)NCS)c1. The minimum Gasteiger partial charge on any atom is -0.237 e. The molecule has 0 aliphatic heterocycles. The fraction of sp³-hybridized carbons (Fsp3) is 0.333. The Hall–Kier alpha value is -0.320. The molecule has 1 atom stereocenters. The van der Waals surface area contributed by atoms with Crippen molar-refractivity contribution in [2.24, 2.45) is 0 Å². The predicted molar refractivity (Wildman–Crippen MR) is 59.2 cm³/mol. The fourth-order valence-electron chi connectivity index (χ4n) is 1.02. The maximum absolute atomic E-state index is 11.5. The summed E-state index contributed by atoms with van der Waals surface area (Å²) in [6.07, 6.45) is 0.964. The van der Waals surface area contributed by atoms with Gasteiger partial charge in [0, 0.05) is 0 Å². The van der Waals surface area contributed by atoms with Crippen LogP contribution < -0.4 is 4.72 Å². The van der Waals surface area contributed by atoms with Crippen LogP contribution in [0.15, 0.2) is 29.2 Å². The Morgan fingerprint density at radius 1 is 1.54 bits per heavy atom. The van der Waals surface area contributed by atoms with Crippen LogP contribution in [0.1, 0.15) is 12.5 Å². The summed E-state index contributed by atoms with van der Waals surface area (Å²) >= 11 is 3.95. The number of hydrogen-bond donors (Lipinski definition) is 2. The first kappa shape index (κ1) is 10.8. The molecule has 1 unspecified atom stereocenters. The van der Waals surface area contributed by atoms with Gasteiger partial charge in [0.15, 0.2) is 0 Å². The second-order valence-electron chi connectivity index (χ2n) is 2.57. The largest absolute Gasteiger partial charge is 0.237 e. The summed E-state index contributed by atoms with van der Waals surface area (Å²) < 4.78 is 14.2. The van der Waals surface area contributed by atoms with E-state index in [1.807, 2.05) is 24.3 Å². The lowest BCUT2D eigenvalue weighted by Gasteiger charge is -2.03. The monoisotopic (exact) mass is 215 g/mol. The summed E-state index contributed by atoms with van der Waals surface area (Å²) in [5.41, 5.74) is 1.20. The third-order valence-corrected chi connectivity index (χ3v) is 3.18. The van der Waals surface area contributed by atoms with Crippen LogP contribution in [-0.4, -0.2) is 10.1 Å². The van der Waals surface area contributed by atoms with Crippen molar-refractivity contribution in [3.8, 4) is 0 Å². The molecule has 13 heavy (non-hydrogen) atoms. The molecule has 0 amide bonds. The third kappa shape index (κ3) is 3.14. The summed E-state index contributed by atoms with van der Waals surface area (Å²) in [7, 11) is -1.12. The van der Waals surface area contributed by atoms with E-state index in [0.717, 1.165) is 11.3 Å². The fourth-order valence-corrected chi connectivity index (χ4v) is 2.12. The lowest BCUT2D eigenvalue weighted by Crippen LogP contribution is -2.14. The smallest absolute Gasteiger partial charge is 0.125 e. The normalized spacial score (nSPS) is 12.8. The molecule has 1 aromatic rings. The van der Waals surface area contributed by atoms with Gasteiger partial charge in [-0.1, -0.05) is 19.1 Å². The lowest BCUT2D eigenvalue weighted by molar-refractivity contribution is 0.677. The molecule has 0 fully saturated rings. The number of rotatable bonds is 4. The highest BCUT2D eigenvalue weighted by molar-refractivity contribution is 7.85. The number of nitrogens with one attached hydrogen (secondary N) is 1. The summed E-state index contributed by atoms with van der Waals surface area (Å²) in [6, 6.07) is 7.76. The molecule has 0 saturated heterocycles. The first-order chi connectivity index (χ1) is 6.27. The van der Waals surface area contributed by atoms with Crippen molar-refractivity contribution >= 4 is 23.6 Å². The van der Waals surface area contributed by atoms with E-state index < -0.39 is 11.0 Å². The van der Waals surface area contributed by atoms with E-state index in [1.54, 1.807) is 0 Å². The average molecular weight is 215 g/mol. The molecule has 0 radical (unpaired) electrons. The van der Waals surface area contributed by atoms with Crippen LogP contribution in [0.3, 0.4) is 0 Å². The molecule has 0 aliphatic carbocycles. The molecule has 4 heteroatoms. The highest BCUT2D eigenvalue weighted by Gasteiger charge is 2.01. The Bertz CT molecular complexity index is 301. The summed E-state index contributed by atoms with van der Waals surface area (Å²) in [6.45, 7) is 2.08. The maximum Gasteiger partial charge on any atom is 0.125 e. The van der Waals surface area contributed by atoms with E-state index >= 15 is 0 Å². The molecule has 0 bridgehead atoms. The standard InChI is InChI=1S/C9H13NOS2/c1-2-8-4-3-5-9(6-8)13(11)10-7-12/h3-6,10,12H,2,7H2,1H3. The van der Waals surface area contributed by atoms with Crippen LogP contribution in [0.5, 0.6) is 0 Å². The van der Waals surface area contributed by atoms with Crippen molar-refractivity contribution in [2.45, 2.75) is 18.2 Å². The molecule has 0 saturated carbocycles. The molecular formula is C9H13NOS2. The molecule has 0 heterocycles. The Morgan fingerprint density at radius 2 is 2.31 bits per heavy atom. The average Bonchev–Trinajstić information content (AvgIpc) is 2.18. The number of hydrogen-bond acceptors (Lipinski definition) is 2. The predicted octanol–water partition coefficient (Wildman–Crippen LogP) is 1.75. The third-order valence-electron chi connectivity index (χ3n) is 1.72. The van der Waals surface area contributed by atoms with E-state index in [2.05, 4.69) is 24.3 Å². The molecular weight excluding hydrogens is 202 g/mol. The van der Waals surface area contributed by atoms with Crippen LogP contribution in [0.25, 0.3) is 0 Å². The topological polar surface area (TPSA) is 29.1 Å². The van der Waals surface area contributed by atoms with Gasteiger partial charge in [-0.3, -0.25) is 0 Å². The second kappa shape index (κ2) is 5.42. The van der Waals surface area contributed by atoms with Gasteiger partial charge in [0.2, 0.25) is 0 Å².